The lowest BCUT2D eigenvalue weighted by Gasteiger charge is -2.30. The number of carbonyl (C=O) groups excluding carboxylic acids is 2. The van der Waals surface area contributed by atoms with Crippen LogP contribution in [0.2, 0.25) is 0 Å². The molecule has 5 nitrogen and oxygen atoms in total. The Morgan fingerprint density at radius 1 is 1.00 bits per heavy atom. The van der Waals surface area contributed by atoms with Crippen molar-refractivity contribution in [2.75, 3.05) is 0 Å². The smallest absolute Gasteiger partial charge is 0.459 e. The number of ether oxygens (including phenoxy) is 2. The second-order valence-electron chi connectivity index (χ2n) is 6.23. The van der Waals surface area contributed by atoms with E-state index < -0.39 is 48.7 Å². The van der Waals surface area contributed by atoms with Crippen molar-refractivity contribution in [2.45, 2.75) is 57.0 Å². The maximum Gasteiger partial charge on any atom is 0.459 e. The molecule has 1 amide bonds. The van der Waals surface area contributed by atoms with Gasteiger partial charge in [-0.1, -0.05) is 30.3 Å². The van der Waals surface area contributed by atoms with Gasteiger partial charge in [0.1, 0.15) is 12.6 Å². The van der Waals surface area contributed by atoms with Crippen LogP contribution < -0.4 is 5.32 Å². The Hall–Kier alpha value is -2.53. The monoisotopic (exact) mass is 433 g/mol. The Kier molecular flexibility index (Phi) is 7.87. The van der Waals surface area contributed by atoms with E-state index in [1.54, 1.807) is 23.5 Å². The Morgan fingerprint density at radius 2 is 1.55 bits per heavy atom. The van der Waals surface area contributed by atoms with Crippen molar-refractivity contribution < 1.29 is 49.8 Å². The summed E-state index contributed by atoms with van der Waals surface area (Å²) >= 11 is 0. The zero-order chi connectivity index (χ0) is 22.5. The van der Waals surface area contributed by atoms with E-state index in [9.17, 15) is 40.3 Å². The first-order valence-corrected chi connectivity index (χ1v) is 8.17. The molecule has 0 bridgehead atoms. The summed E-state index contributed by atoms with van der Waals surface area (Å²) in [4.78, 5) is 23.6. The number of amides is 1. The van der Waals surface area contributed by atoms with E-state index in [0.29, 0.717) is 5.56 Å². The van der Waals surface area contributed by atoms with Crippen LogP contribution in [0.25, 0.3) is 0 Å². The lowest BCUT2D eigenvalue weighted by atomic mass is 10.0. The van der Waals surface area contributed by atoms with Crippen molar-refractivity contribution in [3.05, 3.63) is 35.9 Å². The maximum absolute atomic E-state index is 13.7. The van der Waals surface area contributed by atoms with E-state index >= 15 is 0 Å². The number of hydrogen-bond donors (Lipinski definition) is 1. The lowest BCUT2D eigenvalue weighted by Crippen LogP contribution is -2.56. The largest absolute Gasteiger partial charge is 0.461 e. The van der Waals surface area contributed by atoms with Crippen molar-refractivity contribution in [3.63, 3.8) is 0 Å². The van der Waals surface area contributed by atoms with Crippen LogP contribution >= 0.6 is 0 Å². The fraction of sp³-hybridized carbons (Fsp3) is 0.529. The van der Waals surface area contributed by atoms with Gasteiger partial charge < -0.3 is 14.8 Å². The van der Waals surface area contributed by atoms with Gasteiger partial charge in [0.2, 0.25) is 0 Å². The first-order chi connectivity index (χ1) is 13.2. The first-order valence-electron chi connectivity index (χ1n) is 8.17. The summed E-state index contributed by atoms with van der Waals surface area (Å²) in [5.41, 5.74) is 0.470. The van der Waals surface area contributed by atoms with Gasteiger partial charge in [0, 0.05) is 6.42 Å². The molecule has 0 aliphatic carbocycles. The van der Waals surface area contributed by atoms with Gasteiger partial charge in [-0.25, -0.2) is 9.59 Å². The quantitative estimate of drug-likeness (QED) is 0.486. The van der Waals surface area contributed by atoms with Crippen LogP contribution in [0.1, 0.15) is 25.8 Å². The number of halogens is 7. The van der Waals surface area contributed by atoms with Crippen molar-refractivity contribution in [2.24, 2.45) is 0 Å². The Bertz CT molecular complexity index is 693. The zero-order valence-corrected chi connectivity index (χ0v) is 15.2. The summed E-state index contributed by atoms with van der Waals surface area (Å²) in [6.45, 7) is 2.20. The highest BCUT2D eigenvalue weighted by Crippen LogP contribution is 2.48. The Morgan fingerprint density at radius 3 is 2.03 bits per heavy atom. The summed E-state index contributed by atoms with van der Waals surface area (Å²) in [6, 6.07) is 5.41. The molecule has 0 heterocycles. The summed E-state index contributed by atoms with van der Waals surface area (Å²) in [5.74, 6) is -13.8. The molecule has 0 radical (unpaired) electrons. The molecular weight excluding hydrogens is 415 g/mol. The van der Waals surface area contributed by atoms with Crippen molar-refractivity contribution in [1.29, 1.82) is 0 Å². The van der Waals surface area contributed by atoms with E-state index in [4.69, 9.17) is 0 Å². The maximum atomic E-state index is 13.7. The minimum atomic E-state index is -6.57. The molecule has 0 aliphatic heterocycles. The summed E-state index contributed by atoms with van der Waals surface area (Å²) in [5, 5.41) is 1.56. The molecule has 0 aliphatic rings. The van der Waals surface area contributed by atoms with Gasteiger partial charge in [-0.15, -0.1) is 0 Å². The number of alkyl carbamates (subject to hydrolysis) is 1. The predicted octanol–water partition coefficient (Wildman–Crippen LogP) is 4.46. The SMILES string of the molecule is CC(C)OC(=O)C(CC(F)(F)C(F)(F)C(F)(F)F)NC(=O)OCc1ccccc1. The van der Waals surface area contributed by atoms with Crippen molar-refractivity contribution in [3.8, 4) is 0 Å². The predicted molar refractivity (Wildman–Crippen MR) is 85.3 cm³/mol. The van der Waals surface area contributed by atoms with Gasteiger partial charge in [0.25, 0.3) is 0 Å². The molecule has 29 heavy (non-hydrogen) atoms. The third-order valence-corrected chi connectivity index (χ3v) is 3.42. The topological polar surface area (TPSA) is 64.6 Å². The normalized spacial score (nSPS) is 13.7. The van der Waals surface area contributed by atoms with Crippen LogP contribution in [-0.4, -0.2) is 42.2 Å². The van der Waals surface area contributed by atoms with E-state index in [2.05, 4.69) is 9.47 Å². The number of benzene rings is 1. The van der Waals surface area contributed by atoms with Gasteiger partial charge >= 0.3 is 30.1 Å². The summed E-state index contributed by atoms with van der Waals surface area (Å²) in [6.07, 6.45) is -11.3. The first kappa shape index (κ1) is 24.5. The molecule has 164 valence electrons. The van der Waals surface area contributed by atoms with Crippen LogP contribution in [0.4, 0.5) is 35.5 Å². The highest BCUT2D eigenvalue weighted by atomic mass is 19.4. The van der Waals surface area contributed by atoms with Crippen LogP contribution in [0.15, 0.2) is 30.3 Å². The fourth-order valence-corrected chi connectivity index (χ4v) is 2.01. The zero-order valence-electron chi connectivity index (χ0n) is 15.2. The molecular formula is C17H18F7NO4. The number of rotatable bonds is 8. The molecule has 0 spiro atoms. The number of hydrogen-bond acceptors (Lipinski definition) is 4. The summed E-state index contributed by atoms with van der Waals surface area (Å²) < 4.78 is 99.7. The van der Waals surface area contributed by atoms with Gasteiger partial charge in [0.15, 0.2) is 0 Å². The second kappa shape index (κ2) is 9.31. The highest BCUT2D eigenvalue weighted by Gasteiger charge is 2.73. The average molecular weight is 433 g/mol. The molecule has 1 N–H and O–H groups in total. The molecule has 1 unspecified atom stereocenters. The van der Waals surface area contributed by atoms with Gasteiger partial charge in [-0.2, -0.15) is 30.7 Å². The van der Waals surface area contributed by atoms with Crippen LogP contribution in [-0.2, 0) is 20.9 Å². The average Bonchev–Trinajstić information content (AvgIpc) is 2.58. The molecule has 0 aromatic heterocycles. The number of alkyl halides is 7. The molecule has 0 saturated carbocycles. The van der Waals surface area contributed by atoms with Crippen molar-refractivity contribution in [1.82, 2.24) is 5.32 Å². The van der Waals surface area contributed by atoms with Gasteiger partial charge in [0.05, 0.1) is 6.10 Å². The minimum Gasteiger partial charge on any atom is -0.461 e. The second-order valence-corrected chi connectivity index (χ2v) is 6.23. The van der Waals surface area contributed by atoms with E-state index in [1.807, 2.05) is 0 Å². The van der Waals surface area contributed by atoms with E-state index in [-0.39, 0.29) is 6.61 Å². The Labute approximate surface area is 161 Å². The lowest BCUT2D eigenvalue weighted by molar-refractivity contribution is -0.356. The highest BCUT2D eigenvalue weighted by molar-refractivity contribution is 5.81. The molecule has 12 heteroatoms. The standard InChI is InChI=1S/C17H18F7NO4/c1-10(2)29-13(26)12(8-15(18,19)16(20,21)17(22,23)24)25-14(27)28-9-11-6-4-3-5-7-11/h3-7,10,12H,8-9H2,1-2H3,(H,25,27). The van der Waals surface area contributed by atoms with Crippen LogP contribution in [0, 0.1) is 0 Å². The molecule has 1 aromatic carbocycles. The third kappa shape index (κ3) is 6.79. The van der Waals surface area contributed by atoms with Crippen molar-refractivity contribution >= 4 is 12.1 Å². The molecule has 1 atom stereocenters. The number of nitrogens with one attached hydrogen (secondary N) is 1. The van der Waals surface area contributed by atoms with Gasteiger partial charge in [-0.05, 0) is 19.4 Å². The summed E-state index contributed by atoms with van der Waals surface area (Å²) in [7, 11) is 0. The molecule has 1 rings (SSSR count). The third-order valence-electron chi connectivity index (χ3n) is 3.42. The van der Waals surface area contributed by atoms with E-state index in [1.165, 1.54) is 26.0 Å². The fourth-order valence-electron chi connectivity index (χ4n) is 2.01. The van der Waals surface area contributed by atoms with Crippen LogP contribution in [0.3, 0.4) is 0 Å². The number of carbonyl (C=O) groups is 2. The molecule has 1 aromatic rings. The van der Waals surface area contributed by atoms with Gasteiger partial charge in [-0.3, -0.25) is 0 Å². The number of esters is 1. The van der Waals surface area contributed by atoms with E-state index in [0.717, 1.165) is 0 Å². The minimum absolute atomic E-state index is 0.367. The van der Waals surface area contributed by atoms with Crippen LogP contribution in [0.5, 0.6) is 0 Å². The molecule has 0 fully saturated rings. The Balaban J connectivity index is 2.93. The molecule has 0 saturated heterocycles.